The molecule has 0 aromatic heterocycles. The lowest BCUT2D eigenvalue weighted by Crippen LogP contribution is -2.44. The molecule has 6 rings (SSSR count). The van der Waals surface area contributed by atoms with Gasteiger partial charge in [0.1, 0.15) is 6.04 Å². The number of amides is 2. The van der Waals surface area contributed by atoms with Gasteiger partial charge in [-0.1, -0.05) is 109 Å². The lowest BCUT2D eigenvalue weighted by Gasteiger charge is -2.37. The van der Waals surface area contributed by atoms with Gasteiger partial charge in [-0.05, 0) is 60.0 Å². The summed E-state index contributed by atoms with van der Waals surface area (Å²) in [6, 6.07) is 40.6. The summed E-state index contributed by atoms with van der Waals surface area (Å²) in [5, 5.41) is 9.33. The van der Waals surface area contributed by atoms with Gasteiger partial charge in [0.05, 0.1) is 48.5 Å². The monoisotopic (exact) mass is 643 g/mol. The van der Waals surface area contributed by atoms with Crippen LogP contribution in [0, 0.1) is 23.2 Å². The van der Waals surface area contributed by atoms with E-state index in [9.17, 15) is 10.1 Å². The van der Waals surface area contributed by atoms with Crippen molar-refractivity contribution in [3.05, 3.63) is 172 Å². The molecule has 0 bridgehead atoms. The highest BCUT2D eigenvalue weighted by Gasteiger charge is 2.44. The Morgan fingerprint density at radius 3 is 2.08 bits per heavy atom. The van der Waals surface area contributed by atoms with Crippen LogP contribution in [0.2, 0.25) is 0 Å². The molecule has 0 N–H and O–H groups in total. The van der Waals surface area contributed by atoms with E-state index in [0.717, 1.165) is 5.56 Å². The van der Waals surface area contributed by atoms with E-state index < -0.39 is 24.0 Å². The zero-order chi connectivity index (χ0) is 34.2. The number of nitrogens with zero attached hydrogens (tertiary/aromatic N) is 3. The molecule has 7 heteroatoms. The van der Waals surface area contributed by atoms with Crippen LogP contribution in [-0.4, -0.2) is 29.3 Å². The van der Waals surface area contributed by atoms with Crippen LogP contribution in [0.25, 0.3) is 0 Å². The molecule has 1 aliphatic rings. The number of ether oxygens (including phenoxy) is 1. The number of hydrogen-bond donors (Lipinski definition) is 0. The molecule has 0 spiro atoms. The maximum atomic E-state index is 15.1. The van der Waals surface area contributed by atoms with Crippen LogP contribution in [0.3, 0.4) is 0 Å². The van der Waals surface area contributed by atoms with Gasteiger partial charge < -0.3 is 14.5 Å². The van der Waals surface area contributed by atoms with Gasteiger partial charge in [-0.2, -0.15) is 5.26 Å². The minimum absolute atomic E-state index is 0.150. The summed E-state index contributed by atoms with van der Waals surface area (Å²) in [6.45, 7) is 2.14. The van der Waals surface area contributed by atoms with Gasteiger partial charge >= 0.3 is 5.97 Å². The van der Waals surface area contributed by atoms with Gasteiger partial charge in [0, 0.05) is 11.1 Å². The molecule has 0 radical (unpaired) electrons. The Labute approximate surface area is 286 Å². The second-order valence-electron chi connectivity index (χ2n) is 11.5. The van der Waals surface area contributed by atoms with Gasteiger partial charge in [0.2, 0.25) is 0 Å². The Morgan fingerprint density at radius 1 is 0.776 bits per heavy atom. The third-order valence-corrected chi connectivity index (χ3v) is 8.36. The highest BCUT2D eigenvalue weighted by molar-refractivity contribution is 6.11. The molecule has 2 atom stereocenters. The first-order valence-electron chi connectivity index (χ1n) is 16.1. The first-order chi connectivity index (χ1) is 24.0. The van der Waals surface area contributed by atoms with Crippen LogP contribution in [-0.2, 0) is 20.9 Å². The number of rotatable bonds is 8. The second kappa shape index (κ2) is 15.0. The smallest absolute Gasteiger partial charge is 0.308 e. The van der Waals surface area contributed by atoms with E-state index >= 15 is 9.59 Å². The Kier molecular flexibility index (Phi) is 9.93. The molecule has 2 unspecified atom stereocenters. The molecule has 0 aliphatic carbocycles. The summed E-state index contributed by atoms with van der Waals surface area (Å²) in [7, 11) is 0. The normalized spacial score (nSPS) is 14.5. The first kappa shape index (κ1) is 32.5. The molecule has 0 fully saturated rings. The standard InChI is InChI=1S/C42H33N3O4/c1-2-49-39(46)27-38(34-17-8-4-9-18-34)45-40(35-19-10-5-11-20-35)42(48)44(29-32-13-6-3-7-14-32)37-24-23-31(26-36(37)41(45)47)22-21-30-15-12-16-33(25-30)28-43/h3-20,23-26,38,40H,2,27,29H2,1H3. The van der Waals surface area contributed by atoms with Gasteiger partial charge in [-0.25, -0.2) is 0 Å². The average Bonchev–Trinajstić information content (AvgIpc) is 3.23. The number of nitriles is 1. The van der Waals surface area contributed by atoms with E-state index in [1.807, 2.05) is 97.1 Å². The summed E-state index contributed by atoms with van der Waals surface area (Å²) in [4.78, 5) is 46.5. The van der Waals surface area contributed by atoms with Crippen LogP contribution >= 0.6 is 0 Å². The first-order valence-corrected chi connectivity index (χ1v) is 16.1. The quantitative estimate of drug-likeness (QED) is 0.130. The molecule has 1 heterocycles. The van der Waals surface area contributed by atoms with Crippen LogP contribution in [0.1, 0.15) is 69.2 Å². The van der Waals surface area contributed by atoms with Gasteiger partial charge in [0.25, 0.3) is 11.8 Å². The van der Waals surface area contributed by atoms with E-state index in [2.05, 4.69) is 17.9 Å². The van der Waals surface area contributed by atoms with Crippen molar-refractivity contribution in [3.8, 4) is 17.9 Å². The number of carbonyl (C=O) groups excluding carboxylic acids is 3. The Bertz CT molecular complexity index is 2080. The van der Waals surface area contributed by atoms with Crippen molar-refractivity contribution in [2.45, 2.75) is 32.0 Å². The van der Waals surface area contributed by atoms with Crippen molar-refractivity contribution in [1.82, 2.24) is 4.90 Å². The lowest BCUT2D eigenvalue weighted by molar-refractivity contribution is -0.145. The molecule has 49 heavy (non-hydrogen) atoms. The van der Waals surface area contributed by atoms with E-state index in [-0.39, 0.29) is 31.0 Å². The molecule has 1 aliphatic heterocycles. The number of anilines is 1. The Hall–Kier alpha value is -6.44. The molecule has 0 saturated heterocycles. The maximum Gasteiger partial charge on any atom is 0.308 e. The van der Waals surface area contributed by atoms with Gasteiger partial charge in [0.15, 0.2) is 0 Å². The highest BCUT2D eigenvalue weighted by atomic mass is 16.5. The van der Waals surface area contributed by atoms with Crippen molar-refractivity contribution in [3.63, 3.8) is 0 Å². The van der Waals surface area contributed by atoms with Crippen LogP contribution < -0.4 is 4.90 Å². The number of esters is 1. The summed E-state index contributed by atoms with van der Waals surface area (Å²) < 4.78 is 5.39. The third kappa shape index (κ3) is 7.27. The molecule has 7 nitrogen and oxygen atoms in total. The van der Waals surface area contributed by atoms with Crippen molar-refractivity contribution in [1.29, 1.82) is 5.26 Å². The van der Waals surface area contributed by atoms with Crippen LogP contribution in [0.15, 0.2) is 133 Å². The molecular formula is C42H33N3O4. The van der Waals surface area contributed by atoms with Gasteiger partial charge in [-0.15, -0.1) is 0 Å². The molecule has 5 aromatic rings. The van der Waals surface area contributed by atoms with E-state index in [1.165, 1.54) is 0 Å². The van der Waals surface area contributed by atoms with E-state index in [4.69, 9.17) is 4.74 Å². The second-order valence-corrected chi connectivity index (χ2v) is 11.5. The molecule has 0 saturated carbocycles. The zero-order valence-corrected chi connectivity index (χ0v) is 27.0. The van der Waals surface area contributed by atoms with Gasteiger partial charge in [-0.3, -0.25) is 14.4 Å². The summed E-state index contributed by atoms with van der Waals surface area (Å²) in [5.74, 6) is 5.04. The number of carbonyl (C=O) groups is 3. The molecule has 5 aromatic carbocycles. The van der Waals surface area contributed by atoms with E-state index in [0.29, 0.717) is 33.5 Å². The van der Waals surface area contributed by atoms with Crippen molar-refractivity contribution >= 4 is 23.5 Å². The molecule has 2 amide bonds. The third-order valence-electron chi connectivity index (χ3n) is 8.36. The SMILES string of the molecule is CCOC(=O)CC(c1ccccc1)N1C(=O)c2cc(C#Cc3cccc(C#N)c3)ccc2N(Cc2ccccc2)C(=O)C1c1ccccc1. The van der Waals surface area contributed by atoms with Crippen LogP contribution in [0.5, 0.6) is 0 Å². The number of fused-ring (bicyclic) bond motifs is 1. The highest BCUT2D eigenvalue weighted by Crippen LogP contribution is 2.42. The zero-order valence-electron chi connectivity index (χ0n) is 27.0. The Balaban J connectivity index is 1.56. The number of hydrogen-bond acceptors (Lipinski definition) is 5. The largest absolute Gasteiger partial charge is 0.466 e. The minimum atomic E-state index is -1.06. The van der Waals surface area contributed by atoms with Crippen LogP contribution in [0.4, 0.5) is 5.69 Å². The maximum absolute atomic E-state index is 15.1. The fourth-order valence-electron chi connectivity index (χ4n) is 6.09. The topological polar surface area (TPSA) is 90.7 Å². The summed E-state index contributed by atoms with van der Waals surface area (Å²) in [6.07, 6.45) is -0.150. The summed E-state index contributed by atoms with van der Waals surface area (Å²) in [5.41, 5.74) is 4.65. The van der Waals surface area contributed by atoms with Crippen molar-refractivity contribution in [2.24, 2.45) is 0 Å². The van der Waals surface area contributed by atoms with Crippen molar-refractivity contribution in [2.75, 3.05) is 11.5 Å². The minimum Gasteiger partial charge on any atom is -0.466 e. The average molecular weight is 644 g/mol. The van der Waals surface area contributed by atoms with Crippen molar-refractivity contribution < 1.29 is 19.1 Å². The molecule has 240 valence electrons. The van der Waals surface area contributed by atoms with E-state index in [1.54, 1.807) is 53.1 Å². The fourth-order valence-corrected chi connectivity index (χ4v) is 6.09. The number of benzene rings is 5. The predicted octanol–water partition coefficient (Wildman–Crippen LogP) is 7.38. The molecular weight excluding hydrogens is 610 g/mol. The fraction of sp³-hybridized carbons (Fsp3) is 0.143. The lowest BCUT2D eigenvalue weighted by atomic mass is 9.95. The Morgan fingerprint density at radius 2 is 1.41 bits per heavy atom. The summed E-state index contributed by atoms with van der Waals surface area (Å²) >= 11 is 0. The predicted molar refractivity (Wildman–Crippen MR) is 187 cm³/mol.